The Morgan fingerprint density at radius 2 is 1.97 bits per heavy atom. The van der Waals surface area contributed by atoms with Gasteiger partial charge in [0.2, 0.25) is 0 Å². The molecule has 3 aromatic heterocycles. The molecule has 29 heavy (non-hydrogen) atoms. The van der Waals surface area contributed by atoms with Gasteiger partial charge in [-0.2, -0.15) is 10.4 Å². The molecular formula is C20H16ClN7O. The second-order valence-corrected chi connectivity index (χ2v) is 6.95. The molecule has 144 valence electrons. The second kappa shape index (κ2) is 7.04. The molecule has 3 heterocycles. The van der Waals surface area contributed by atoms with E-state index < -0.39 is 11.6 Å². The summed E-state index contributed by atoms with van der Waals surface area (Å²) >= 11 is 6.26. The quantitative estimate of drug-likeness (QED) is 0.560. The number of anilines is 1. The Labute approximate surface area is 170 Å². The van der Waals surface area contributed by atoms with Gasteiger partial charge in [-0.1, -0.05) is 29.8 Å². The molecule has 0 aliphatic carbocycles. The minimum Gasteiger partial charge on any atom is -0.383 e. The number of nitriles is 1. The number of benzene rings is 1. The maximum Gasteiger partial charge on any atom is 0.274 e. The lowest BCUT2D eigenvalue weighted by Gasteiger charge is -2.20. The van der Waals surface area contributed by atoms with Gasteiger partial charge in [0, 0.05) is 5.69 Å². The third kappa shape index (κ3) is 2.92. The summed E-state index contributed by atoms with van der Waals surface area (Å²) < 4.78 is 3.15. The number of para-hydroxylation sites is 1. The fraction of sp³-hybridized carbons (Fsp3) is 0.150. The summed E-state index contributed by atoms with van der Waals surface area (Å²) in [7, 11) is 0. The molecule has 0 aliphatic heterocycles. The number of rotatable bonds is 3. The molecule has 0 bridgehead atoms. The largest absolute Gasteiger partial charge is 0.383 e. The van der Waals surface area contributed by atoms with E-state index in [9.17, 15) is 10.1 Å². The molecule has 4 rings (SSSR count). The Morgan fingerprint density at radius 3 is 2.66 bits per heavy atom. The minimum atomic E-state index is -0.490. The lowest BCUT2D eigenvalue weighted by molar-refractivity contribution is 0.547. The van der Waals surface area contributed by atoms with E-state index >= 15 is 0 Å². The van der Waals surface area contributed by atoms with E-state index in [1.54, 1.807) is 22.9 Å². The Kier molecular flexibility index (Phi) is 4.53. The summed E-state index contributed by atoms with van der Waals surface area (Å²) in [5.41, 5.74) is 7.81. The van der Waals surface area contributed by atoms with Crippen LogP contribution >= 0.6 is 11.6 Å². The first-order valence-electron chi connectivity index (χ1n) is 8.80. The zero-order valence-electron chi connectivity index (χ0n) is 15.7. The van der Waals surface area contributed by atoms with E-state index in [0.717, 1.165) is 0 Å². The zero-order chi connectivity index (χ0) is 20.7. The normalized spacial score (nSPS) is 12.1. The van der Waals surface area contributed by atoms with Crippen LogP contribution in [0.1, 0.15) is 29.9 Å². The maximum atomic E-state index is 13.1. The molecule has 9 heteroatoms. The Bertz CT molecular complexity index is 1340. The molecule has 0 saturated heterocycles. The van der Waals surface area contributed by atoms with Crippen LogP contribution in [0.25, 0.3) is 16.7 Å². The molecule has 1 aromatic carbocycles. The molecule has 2 N–H and O–H groups in total. The van der Waals surface area contributed by atoms with Crippen molar-refractivity contribution in [3.8, 4) is 11.8 Å². The molecule has 0 spiro atoms. The van der Waals surface area contributed by atoms with Gasteiger partial charge in [-0.05, 0) is 32.0 Å². The highest BCUT2D eigenvalue weighted by Gasteiger charge is 2.23. The number of nitrogens with two attached hydrogens (primary N) is 1. The van der Waals surface area contributed by atoms with Crippen molar-refractivity contribution in [2.75, 3.05) is 5.73 Å². The summed E-state index contributed by atoms with van der Waals surface area (Å²) in [4.78, 5) is 21.4. The van der Waals surface area contributed by atoms with Crippen LogP contribution in [-0.2, 0) is 0 Å². The highest BCUT2D eigenvalue weighted by atomic mass is 35.5. The summed E-state index contributed by atoms with van der Waals surface area (Å²) in [5, 5.41) is 14.7. The van der Waals surface area contributed by atoms with Crippen LogP contribution in [-0.4, -0.2) is 24.3 Å². The molecular weight excluding hydrogens is 390 g/mol. The number of pyridine rings is 1. The van der Waals surface area contributed by atoms with E-state index in [0.29, 0.717) is 33.9 Å². The number of hydrogen-bond donors (Lipinski definition) is 1. The van der Waals surface area contributed by atoms with E-state index in [1.165, 1.54) is 10.9 Å². The SMILES string of the molecule is Cc1nn(C(C)c2cc(Cl)c(C#N)c(=O)n2-c2ccccc2)c2ncnc(N)c12. The van der Waals surface area contributed by atoms with E-state index in [4.69, 9.17) is 17.3 Å². The predicted molar refractivity (Wildman–Crippen MR) is 110 cm³/mol. The van der Waals surface area contributed by atoms with Gasteiger partial charge in [-0.25, -0.2) is 14.6 Å². The fourth-order valence-electron chi connectivity index (χ4n) is 3.41. The van der Waals surface area contributed by atoms with Gasteiger partial charge < -0.3 is 5.73 Å². The Hall–Kier alpha value is -3.70. The first-order chi connectivity index (χ1) is 13.9. The summed E-state index contributed by atoms with van der Waals surface area (Å²) in [6.45, 7) is 3.70. The summed E-state index contributed by atoms with van der Waals surface area (Å²) in [6.07, 6.45) is 1.37. The first kappa shape index (κ1) is 18.7. The number of hydrogen-bond acceptors (Lipinski definition) is 6. The number of aryl methyl sites for hydroxylation is 1. The van der Waals surface area contributed by atoms with E-state index in [1.807, 2.05) is 38.1 Å². The average molecular weight is 406 g/mol. The molecule has 0 amide bonds. The third-order valence-corrected chi connectivity index (χ3v) is 5.10. The molecule has 1 unspecified atom stereocenters. The molecule has 0 saturated carbocycles. The number of nitrogen functional groups attached to an aromatic ring is 1. The van der Waals surface area contributed by atoms with E-state index in [-0.39, 0.29) is 10.6 Å². The fourth-order valence-corrected chi connectivity index (χ4v) is 3.65. The Morgan fingerprint density at radius 1 is 1.24 bits per heavy atom. The standard InChI is InChI=1S/C20H16ClN7O/c1-11-17-18(23)24-10-25-19(17)28(26-11)12(2)16-8-15(21)14(9-22)20(29)27(16)13-6-4-3-5-7-13/h3-8,10,12H,1-2H3,(H2,23,24,25). The number of fused-ring (bicyclic) bond motifs is 1. The molecule has 0 radical (unpaired) electrons. The van der Waals surface area contributed by atoms with Gasteiger partial charge in [0.05, 0.1) is 27.8 Å². The molecule has 0 aliphatic rings. The Balaban J connectivity index is 2.03. The summed E-state index contributed by atoms with van der Waals surface area (Å²) in [6, 6.07) is 12.1. The summed E-state index contributed by atoms with van der Waals surface area (Å²) in [5.74, 6) is 0.337. The lowest BCUT2D eigenvalue weighted by atomic mass is 10.1. The van der Waals surface area contributed by atoms with Crippen molar-refractivity contribution in [2.24, 2.45) is 0 Å². The molecule has 1 atom stereocenters. The monoisotopic (exact) mass is 405 g/mol. The van der Waals surface area contributed by atoms with Crippen molar-refractivity contribution in [2.45, 2.75) is 19.9 Å². The van der Waals surface area contributed by atoms with Gasteiger partial charge in [-0.15, -0.1) is 0 Å². The van der Waals surface area contributed by atoms with Gasteiger partial charge in [0.1, 0.15) is 23.8 Å². The van der Waals surface area contributed by atoms with Gasteiger partial charge in [0.25, 0.3) is 5.56 Å². The highest BCUT2D eigenvalue weighted by molar-refractivity contribution is 6.31. The van der Waals surface area contributed by atoms with Crippen molar-refractivity contribution in [3.05, 3.63) is 75.1 Å². The third-order valence-electron chi connectivity index (χ3n) is 4.80. The molecule has 0 fully saturated rings. The number of halogens is 1. The van der Waals surface area contributed by atoms with Crippen molar-refractivity contribution in [1.82, 2.24) is 24.3 Å². The van der Waals surface area contributed by atoms with Crippen LogP contribution in [0.5, 0.6) is 0 Å². The van der Waals surface area contributed by atoms with Crippen LogP contribution in [0.15, 0.2) is 47.5 Å². The van der Waals surface area contributed by atoms with Crippen molar-refractivity contribution >= 4 is 28.5 Å². The van der Waals surface area contributed by atoms with Crippen LogP contribution in [0.3, 0.4) is 0 Å². The lowest BCUT2D eigenvalue weighted by Crippen LogP contribution is -2.27. The average Bonchev–Trinajstić information content (AvgIpc) is 3.06. The van der Waals surface area contributed by atoms with Crippen LogP contribution in [0.2, 0.25) is 5.02 Å². The van der Waals surface area contributed by atoms with Crippen LogP contribution < -0.4 is 11.3 Å². The number of nitrogens with zero attached hydrogens (tertiary/aromatic N) is 6. The van der Waals surface area contributed by atoms with Crippen LogP contribution in [0, 0.1) is 18.3 Å². The molecule has 4 aromatic rings. The smallest absolute Gasteiger partial charge is 0.274 e. The van der Waals surface area contributed by atoms with E-state index in [2.05, 4.69) is 15.1 Å². The van der Waals surface area contributed by atoms with Gasteiger partial charge >= 0.3 is 0 Å². The van der Waals surface area contributed by atoms with Gasteiger partial charge in [0.15, 0.2) is 5.65 Å². The van der Waals surface area contributed by atoms with Crippen molar-refractivity contribution in [1.29, 1.82) is 5.26 Å². The van der Waals surface area contributed by atoms with Crippen molar-refractivity contribution in [3.63, 3.8) is 0 Å². The number of aromatic nitrogens is 5. The van der Waals surface area contributed by atoms with Crippen LogP contribution in [0.4, 0.5) is 5.82 Å². The predicted octanol–water partition coefficient (Wildman–Crippen LogP) is 3.00. The van der Waals surface area contributed by atoms with Crippen molar-refractivity contribution < 1.29 is 0 Å². The maximum absolute atomic E-state index is 13.1. The second-order valence-electron chi connectivity index (χ2n) is 6.54. The molecule has 8 nitrogen and oxygen atoms in total. The van der Waals surface area contributed by atoms with Gasteiger partial charge in [-0.3, -0.25) is 9.36 Å². The zero-order valence-corrected chi connectivity index (χ0v) is 16.4. The first-order valence-corrected chi connectivity index (χ1v) is 9.18. The topological polar surface area (TPSA) is 115 Å². The highest BCUT2D eigenvalue weighted by Crippen LogP contribution is 2.29. The minimum absolute atomic E-state index is 0.0915.